The number of fused-ring (bicyclic) bond motifs is 1. The molecule has 7 nitrogen and oxygen atoms in total. The van der Waals surface area contributed by atoms with Crippen molar-refractivity contribution >= 4 is 21.6 Å². The van der Waals surface area contributed by atoms with Crippen molar-refractivity contribution in [3.05, 3.63) is 83.9 Å². The number of hydrogen-bond donors (Lipinski definition) is 1. The number of nitrogens with zero attached hydrogens (tertiary/aromatic N) is 1. The Labute approximate surface area is 194 Å². The Morgan fingerprint density at radius 1 is 0.939 bits per heavy atom. The normalized spacial score (nSPS) is 13.7. The van der Waals surface area contributed by atoms with Gasteiger partial charge in [-0.25, -0.2) is 8.42 Å². The van der Waals surface area contributed by atoms with Crippen molar-refractivity contribution in [2.75, 3.05) is 25.1 Å². The predicted octanol–water partition coefficient (Wildman–Crippen LogP) is 3.85. The summed E-state index contributed by atoms with van der Waals surface area (Å²) < 4.78 is 38.3. The first kappa shape index (κ1) is 22.8. The number of sulfonamides is 1. The van der Waals surface area contributed by atoms with Gasteiger partial charge >= 0.3 is 0 Å². The molecule has 3 aromatic carbocycles. The molecule has 0 bridgehead atoms. The first-order chi connectivity index (χ1) is 16.0. The minimum Gasteiger partial charge on any atom is -0.494 e. The number of nitrogens with one attached hydrogen (secondary N) is 1. The molecule has 1 aliphatic heterocycles. The molecule has 1 amide bonds. The summed E-state index contributed by atoms with van der Waals surface area (Å²) in [6.07, 6.45) is 0.622. The highest BCUT2D eigenvalue weighted by atomic mass is 32.2. The molecule has 0 aromatic heterocycles. The van der Waals surface area contributed by atoms with Gasteiger partial charge in [-0.05, 0) is 73.0 Å². The zero-order chi connectivity index (χ0) is 23.3. The summed E-state index contributed by atoms with van der Waals surface area (Å²) in [5.74, 6) is 1.01. The van der Waals surface area contributed by atoms with E-state index in [1.165, 1.54) is 4.31 Å². The molecule has 8 heteroatoms. The van der Waals surface area contributed by atoms with E-state index in [0.717, 1.165) is 16.9 Å². The Balaban J connectivity index is 1.38. The van der Waals surface area contributed by atoms with Gasteiger partial charge in [0.1, 0.15) is 11.5 Å². The lowest BCUT2D eigenvalue weighted by atomic mass is 10.0. The summed E-state index contributed by atoms with van der Waals surface area (Å²) in [5.41, 5.74) is 2.57. The fourth-order valence-electron chi connectivity index (χ4n) is 3.70. The molecule has 0 atom stereocenters. The van der Waals surface area contributed by atoms with Crippen LogP contribution in [-0.4, -0.2) is 38.4 Å². The van der Waals surface area contributed by atoms with Crippen molar-refractivity contribution in [3.8, 4) is 11.5 Å². The quantitative estimate of drug-likeness (QED) is 0.545. The van der Waals surface area contributed by atoms with Gasteiger partial charge in [-0.1, -0.05) is 24.3 Å². The van der Waals surface area contributed by atoms with Crippen LogP contribution in [0.5, 0.6) is 11.5 Å². The average molecular weight is 467 g/mol. The van der Waals surface area contributed by atoms with Gasteiger partial charge in [0.15, 0.2) is 6.61 Å². The van der Waals surface area contributed by atoms with Gasteiger partial charge in [0, 0.05) is 18.8 Å². The van der Waals surface area contributed by atoms with Crippen molar-refractivity contribution < 1.29 is 22.7 Å². The molecule has 1 heterocycles. The highest BCUT2D eigenvalue weighted by Gasteiger charge is 2.28. The second-order valence-corrected chi connectivity index (χ2v) is 9.56. The maximum absolute atomic E-state index is 13.0. The van der Waals surface area contributed by atoms with E-state index in [-0.39, 0.29) is 24.0 Å². The Hall–Kier alpha value is -3.36. The fraction of sp³-hybridized carbons (Fsp3) is 0.240. The van der Waals surface area contributed by atoms with E-state index in [4.69, 9.17) is 9.47 Å². The van der Waals surface area contributed by atoms with E-state index < -0.39 is 10.0 Å². The zero-order valence-corrected chi connectivity index (χ0v) is 19.2. The molecule has 0 fully saturated rings. The van der Waals surface area contributed by atoms with Crippen molar-refractivity contribution in [1.29, 1.82) is 0 Å². The van der Waals surface area contributed by atoms with Gasteiger partial charge in [0.25, 0.3) is 5.91 Å². The van der Waals surface area contributed by atoms with Gasteiger partial charge in [0.05, 0.1) is 11.5 Å². The van der Waals surface area contributed by atoms with Crippen LogP contribution in [0.15, 0.2) is 77.7 Å². The van der Waals surface area contributed by atoms with Crippen molar-refractivity contribution in [2.45, 2.75) is 24.8 Å². The number of amides is 1. The first-order valence-corrected chi connectivity index (χ1v) is 12.2. The van der Waals surface area contributed by atoms with E-state index in [1.54, 1.807) is 54.6 Å². The Bertz CT molecular complexity index is 1210. The first-order valence-electron chi connectivity index (χ1n) is 10.8. The van der Waals surface area contributed by atoms with E-state index in [1.807, 2.05) is 25.1 Å². The van der Waals surface area contributed by atoms with Crippen LogP contribution in [0.2, 0.25) is 0 Å². The van der Waals surface area contributed by atoms with Crippen LogP contribution >= 0.6 is 0 Å². The minimum absolute atomic E-state index is 0.139. The summed E-state index contributed by atoms with van der Waals surface area (Å²) in [6.45, 7) is 3.04. The Morgan fingerprint density at radius 2 is 1.64 bits per heavy atom. The predicted molar refractivity (Wildman–Crippen MR) is 126 cm³/mol. The van der Waals surface area contributed by atoms with Gasteiger partial charge in [-0.3, -0.25) is 4.79 Å². The van der Waals surface area contributed by atoms with Gasteiger partial charge in [0.2, 0.25) is 10.0 Å². The number of benzene rings is 3. The SMILES string of the molecule is CCOc1ccc(OCC(=O)Nc2ccc3c(c2)CN(S(=O)(=O)c2ccccc2)CC3)cc1. The fourth-order valence-corrected chi connectivity index (χ4v) is 5.14. The van der Waals surface area contributed by atoms with Crippen molar-refractivity contribution in [1.82, 2.24) is 4.31 Å². The lowest BCUT2D eigenvalue weighted by Crippen LogP contribution is -2.36. The average Bonchev–Trinajstić information content (AvgIpc) is 2.84. The van der Waals surface area contributed by atoms with E-state index in [9.17, 15) is 13.2 Å². The van der Waals surface area contributed by atoms with Crippen LogP contribution in [0.4, 0.5) is 5.69 Å². The largest absolute Gasteiger partial charge is 0.494 e. The molecule has 3 aromatic rings. The van der Waals surface area contributed by atoms with E-state index >= 15 is 0 Å². The van der Waals surface area contributed by atoms with Crippen LogP contribution in [0, 0.1) is 0 Å². The molecule has 172 valence electrons. The van der Waals surface area contributed by atoms with Gasteiger partial charge in [-0.15, -0.1) is 0 Å². The minimum atomic E-state index is -3.57. The number of rotatable bonds is 8. The molecule has 4 rings (SSSR count). The van der Waals surface area contributed by atoms with Crippen molar-refractivity contribution in [3.63, 3.8) is 0 Å². The summed E-state index contributed by atoms with van der Waals surface area (Å²) >= 11 is 0. The maximum Gasteiger partial charge on any atom is 0.262 e. The summed E-state index contributed by atoms with van der Waals surface area (Å²) in [5, 5.41) is 2.82. The summed E-state index contributed by atoms with van der Waals surface area (Å²) in [4.78, 5) is 12.6. The van der Waals surface area contributed by atoms with Crippen LogP contribution in [0.3, 0.4) is 0 Å². The van der Waals surface area contributed by atoms with Crippen LogP contribution in [0.1, 0.15) is 18.1 Å². The third-order valence-corrected chi connectivity index (χ3v) is 7.21. The highest BCUT2D eigenvalue weighted by molar-refractivity contribution is 7.89. The Kier molecular flexibility index (Phi) is 6.96. The Morgan fingerprint density at radius 3 is 2.33 bits per heavy atom. The summed E-state index contributed by atoms with van der Waals surface area (Å²) in [6, 6.07) is 21.1. The second-order valence-electron chi connectivity index (χ2n) is 7.63. The van der Waals surface area contributed by atoms with Crippen LogP contribution < -0.4 is 14.8 Å². The van der Waals surface area contributed by atoms with Crippen LogP contribution in [-0.2, 0) is 27.8 Å². The smallest absolute Gasteiger partial charge is 0.262 e. The number of ether oxygens (including phenoxy) is 2. The number of anilines is 1. The topological polar surface area (TPSA) is 84.9 Å². The number of carbonyl (C=O) groups is 1. The monoisotopic (exact) mass is 466 g/mol. The zero-order valence-electron chi connectivity index (χ0n) is 18.4. The molecular weight excluding hydrogens is 440 g/mol. The molecule has 0 saturated heterocycles. The van der Waals surface area contributed by atoms with E-state index in [2.05, 4.69) is 5.32 Å². The standard InChI is InChI=1S/C25H26N2O5S/c1-2-31-22-10-12-23(13-11-22)32-18-25(28)26-21-9-8-19-14-15-27(17-20(19)16-21)33(29,30)24-6-4-3-5-7-24/h3-13,16H,2,14-15,17-18H2,1H3,(H,26,28). The second kappa shape index (κ2) is 10.1. The molecule has 0 spiro atoms. The lowest BCUT2D eigenvalue weighted by Gasteiger charge is -2.28. The molecule has 0 saturated carbocycles. The maximum atomic E-state index is 13.0. The van der Waals surface area contributed by atoms with Crippen molar-refractivity contribution in [2.24, 2.45) is 0 Å². The third kappa shape index (κ3) is 5.53. The number of hydrogen-bond acceptors (Lipinski definition) is 5. The summed E-state index contributed by atoms with van der Waals surface area (Å²) in [7, 11) is -3.57. The van der Waals surface area contributed by atoms with Crippen LogP contribution in [0.25, 0.3) is 0 Å². The number of carbonyl (C=O) groups excluding carboxylic acids is 1. The van der Waals surface area contributed by atoms with Gasteiger partial charge in [-0.2, -0.15) is 4.31 Å². The lowest BCUT2D eigenvalue weighted by molar-refractivity contribution is -0.118. The molecule has 0 radical (unpaired) electrons. The van der Waals surface area contributed by atoms with E-state index in [0.29, 0.717) is 31.0 Å². The van der Waals surface area contributed by atoms with Gasteiger partial charge < -0.3 is 14.8 Å². The molecule has 0 aliphatic carbocycles. The molecule has 1 N–H and O–H groups in total. The molecule has 1 aliphatic rings. The highest BCUT2D eigenvalue weighted by Crippen LogP contribution is 2.27. The molecular formula is C25H26N2O5S. The molecule has 0 unspecified atom stereocenters. The molecule has 33 heavy (non-hydrogen) atoms. The third-order valence-electron chi connectivity index (χ3n) is 5.35.